The molecular formula is C30H27N3O3. The molecule has 4 amide bonds. The summed E-state index contributed by atoms with van der Waals surface area (Å²) in [4.78, 5) is 39.8. The van der Waals surface area contributed by atoms with Gasteiger partial charge in [0, 0.05) is 0 Å². The molecule has 0 spiro atoms. The minimum absolute atomic E-state index is 0.282. The Morgan fingerprint density at radius 2 is 1.50 bits per heavy atom. The molecule has 0 radical (unpaired) electrons. The predicted octanol–water partition coefficient (Wildman–Crippen LogP) is 5.15. The Labute approximate surface area is 209 Å². The highest BCUT2D eigenvalue weighted by atomic mass is 16.2. The lowest BCUT2D eigenvalue weighted by atomic mass is 9.90. The first kappa shape index (κ1) is 23.3. The summed E-state index contributed by atoms with van der Waals surface area (Å²) in [6.45, 7) is 3.20. The summed E-state index contributed by atoms with van der Waals surface area (Å²) in [6, 6.07) is 30.7. The van der Waals surface area contributed by atoms with Crippen LogP contribution in [0.2, 0.25) is 0 Å². The number of carbonyl (C=O) groups is 3. The lowest BCUT2D eigenvalue weighted by molar-refractivity contribution is -0.135. The third-order valence-electron chi connectivity index (χ3n) is 6.80. The number of amides is 4. The molecule has 180 valence electrons. The molecule has 0 bridgehead atoms. The van der Waals surface area contributed by atoms with Crippen LogP contribution in [0, 0.1) is 0 Å². The zero-order valence-corrected chi connectivity index (χ0v) is 20.2. The van der Waals surface area contributed by atoms with E-state index in [4.69, 9.17) is 0 Å². The molecule has 1 heterocycles. The zero-order chi connectivity index (χ0) is 25.3. The highest BCUT2D eigenvalue weighted by Crippen LogP contribution is 2.31. The second-order valence-corrected chi connectivity index (χ2v) is 9.29. The number of hydrogen-bond donors (Lipinski definition) is 2. The first-order valence-corrected chi connectivity index (χ1v) is 11.9. The quantitative estimate of drug-likeness (QED) is 0.377. The van der Waals surface area contributed by atoms with Gasteiger partial charge in [0.2, 0.25) is 5.91 Å². The van der Waals surface area contributed by atoms with Gasteiger partial charge in [-0.3, -0.25) is 14.5 Å². The van der Waals surface area contributed by atoms with E-state index >= 15 is 0 Å². The van der Waals surface area contributed by atoms with Gasteiger partial charge in [-0.05, 0) is 52.9 Å². The molecule has 5 rings (SSSR count). The Kier molecular flexibility index (Phi) is 6.02. The number of benzene rings is 4. The third kappa shape index (κ3) is 4.33. The minimum atomic E-state index is -1.24. The van der Waals surface area contributed by atoms with Gasteiger partial charge in [-0.25, -0.2) is 4.79 Å². The van der Waals surface area contributed by atoms with Gasteiger partial charge in [0.05, 0.1) is 6.04 Å². The molecule has 2 N–H and O–H groups in total. The Morgan fingerprint density at radius 1 is 0.861 bits per heavy atom. The third-order valence-corrected chi connectivity index (χ3v) is 6.80. The molecular weight excluding hydrogens is 450 g/mol. The van der Waals surface area contributed by atoms with Gasteiger partial charge in [-0.15, -0.1) is 0 Å². The summed E-state index contributed by atoms with van der Waals surface area (Å²) in [7, 11) is 0. The fourth-order valence-electron chi connectivity index (χ4n) is 4.65. The minimum Gasteiger partial charge on any atom is -0.348 e. The maximum atomic E-state index is 13.3. The molecule has 1 saturated heterocycles. The fraction of sp³-hybridized carbons (Fsp3) is 0.167. The highest BCUT2D eigenvalue weighted by molar-refractivity contribution is 6.09. The summed E-state index contributed by atoms with van der Waals surface area (Å²) >= 11 is 0. The maximum Gasteiger partial charge on any atom is 0.325 e. The predicted molar refractivity (Wildman–Crippen MR) is 140 cm³/mol. The SMILES string of the molecule is C[C@@H](NC(=O)CN1C(=O)N[C@](C)(c2ccc3ccccc3c2)C1=O)c1ccc(-c2ccccc2)cc1. The summed E-state index contributed by atoms with van der Waals surface area (Å²) in [5.74, 6) is -0.848. The monoisotopic (exact) mass is 477 g/mol. The van der Waals surface area contributed by atoms with Crippen LogP contribution >= 0.6 is 0 Å². The van der Waals surface area contributed by atoms with Crippen LogP contribution in [0.25, 0.3) is 21.9 Å². The molecule has 4 aromatic carbocycles. The molecule has 6 nitrogen and oxygen atoms in total. The molecule has 2 atom stereocenters. The van der Waals surface area contributed by atoms with Crippen molar-refractivity contribution >= 4 is 28.6 Å². The van der Waals surface area contributed by atoms with E-state index in [2.05, 4.69) is 10.6 Å². The van der Waals surface area contributed by atoms with Gasteiger partial charge in [-0.2, -0.15) is 0 Å². The Morgan fingerprint density at radius 3 is 2.22 bits per heavy atom. The molecule has 1 aliphatic rings. The number of imide groups is 1. The number of rotatable bonds is 6. The van der Waals surface area contributed by atoms with E-state index in [0.29, 0.717) is 5.56 Å². The number of fused-ring (bicyclic) bond motifs is 1. The van der Waals surface area contributed by atoms with Crippen molar-refractivity contribution < 1.29 is 14.4 Å². The van der Waals surface area contributed by atoms with Crippen molar-refractivity contribution in [2.75, 3.05) is 6.54 Å². The van der Waals surface area contributed by atoms with E-state index in [1.54, 1.807) is 6.92 Å². The van der Waals surface area contributed by atoms with Crippen LogP contribution in [0.5, 0.6) is 0 Å². The van der Waals surface area contributed by atoms with Crippen LogP contribution < -0.4 is 10.6 Å². The lowest BCUT2D eigenvalue weighted by Gasteiger charge is -2.23. The zero-order valence-electron chi connectivity index (χ0n) is 20.2. The van der Waals surface area contributed by atoms with Crippen molar-refractivity contribution in [2.24, 2.45) is 0 Å². The molecule has 1 aliphatic heterocycles. The summed E-state index contributed by atoms with van der Waals surface area (Å²) < 4.78 is 0. The second kappa shape index (κ2) is 9.30. The summed E-state index contributed by atoms with van der Waals surface area (Å²) in [5, 5.41) is 7.70. The van der Waals surface area contributed by atoms with Crippen LogP contribution in [-0.2, 0) is 15.1 Å². The number of nitrogens with zero attached hydrogens (tertiary/aromatic N) is 1. The van der Waals surface area contributed by atoms with Crippen molar-refractivity contribution in [2.45, 2.75) is 25.4 Å². The van der Waals surface area contributed by atoms with Crippen molar-refractivity contribution in [3.63, 3.8) is 0 Å². The standard InChI is InChI=1S/C30H27N3O3/c1-20(21-12-14-24(15-13-21)22-8-4-3-5-9-22)31-27(34)19-33-28(35)30(2,32-29(33)36)26-17-16-23-10-6-7-11-25(23)18-26/h3-18,20H,19H2,1-2H3,(H,31,34)(H,32,36)/t20-,30-/m1/s1. The van der Waals surface area contributed by atoms with E-state index < -0.39 is 23.4 Å². The van der Waals surface area contributed by atoms with Crippen molar-refractivity contribution in [3.05, 3.63) is 108 Å². The van der Waals surface area contributed by atoms with Crippen molar-refractivity contribution in [1.29, 1.82) is 0 Å². The van der Waals surface area contributed by atoms with Crippen LogP contribution in [0.3, 0.4) is 0 Å². The number of hydrogen-bond acceptors (Lipinski definition) is 3. The molecule has 0 saturated carbocycles. The van der Waals surface area contributed by atoms with Gasteiger partial charge in [0.25, 0.3) is 5.91 Å². The van der Waals surface area contributed by atoms with E-state index in [1.807, 2.05) is 104 Å². The van der Waals surface area contributed by atoms with E-state index in [0.717, 1.165) is 32.4 Å². The lowest BCUT2D eigenvalue weighted by Crippen LogP contribution is -2.43. The Balaban J connectivity index is 1.26. The number of urea groups is 1. The summed E-state index contributed by atoms with van der Waals surface area (Å²) in [6.07, 6.45) is 0. The Hall–Kier alpha value is -4.45. The Bertz CT molecular complexity index is 1450. The second-order valence-electron chi connectivity index (χ2n) is 9.29. The fourth-order valence-corrected chi connectivity index (χ4v) is 4.65. The van der Waals surface area contributed by atoms with Crippen LogP contribution in [0.4, 0.5) is 4.79 Å². The van der Waals surface area contributed by atoms with Gasteiger partial charge in [0.15, 0.2) is 0 Å². The molecule has 1 fully saturated rings. The van der Waals surface area contributed by atoms with E-state index in [1.165, 1.54) is 0 Å². The van der Waals surface area contributed by atoms with Crippen LogP contribution in [0.15, 0.2) is 97.1 Å². The molecule has 0 aromatic heterocycles. The highest BCUT2D eigenvalue weighted by Gasteiger charge is 2.49. The van der Waals surface area contributed by atoms with Gasteiger partial charge >= 0.3 is 6.03 Å². The smallest absolute Gasteiger partial charge is 0.325 e. The first-order chi connectivity index (χ1) is 17.3. The summed E-state index contributed by atoms with van der Waals surface area (Å²) in [5.41, 5.74) is 2.58. The van der Waals surface area contributed by atoms with Crippen molar-refractivity contribution in [1.82, 2.24) is 15.5 Å². The average molecular weight is 478 g/mol. The molecule has 4 aromatic rings. The van der Waals surface area contributed by atoms with Gasteiger partial charge < -0.3 is 10.6 Å². The van der Waals surface area contributed by atoms with Gasteiger partial charge in [0.1, 0.15) is 12.1 Å². The largest absolute Gasteiger partial charge is 0.348 e. The first-order valence-electron chi connectivity index (χ1n) is 11.9. The maximum absolute atomic E-state index is 13.3. The molecule has 0 unspecified atom stereocenters. The topological polar surface area (TPSA) is 78.5 Å². The molecule has 36 heavy (non-hydrogen) atoms. The molecule has 6 heteroatoms. The van der Waals surface area contributed by atoms with Crippen molar-refractivity contribution in [3.8, 4) is 11.1 Å². The average Bonchev–Trinajstić information content (AvgIpc) is 3.12. The van der Waals surface area contributed by atoms with E-state index in [-0.39, 0.29) is 12.6 Å². The van der Waals surface area contributed by atoms with Crippen LogP contribution in [-0.4, -0.2) is 29.3 Å². The molecule has 0 aliphatic carbocycles. The normalized spacial score (nSPS) is 18.2. The number of nitrogens with one attached hydrogen (secondary N) is 2. The van der Waals surface area contributed by atoms with E-state index in [9.17, 15) is 14.4 Å². The van der Waals surface area contributed by atoms with Crippen LogP contribution in [0.1, 0.15) is 31.0 Å². The van der Waals surface area contributed by atoms with Gasteiger partial charge in [-0.1, -0.05) is 91.0 Å². The number of carbonyl (C=O) groups excluding carboxylic acids is 3.